The fourth-order valence-electron chi connectivity index (χ4n) is 1.84. The summed E-state index contributed by atoms with van der Waals surface area (Å²) >= 11 is 0. The van der Waals surface area contributed by atoms with E-state index in [4.69, 9.17) is 10.5 Å². The van der Waals surface area contributed by atoms with Crippen molar-refractivity contribution < 1.29 is 13.2 Å². The molecular weight excluding hydrogens is 270 g/mol. The number of hydrogen-bond donors (Lipinski definition) is 1. The highest BCUT2D eigenvalue weighted by Gasteiger charge is 2.33. The first-order valence-electron chi connectivity index (χ1n) is 5.78. The fourth-order valence-corrected chi connectivity index (χ4v) is 2.93. The molecule has 1 aromatic rings. The lowest BCUT2D eigenvalue weighted by molar-refractivity contribution is -0.00594. The molecule has 1 atom stereocenters. The number of hydrogen-bond acceptors (Lipinski definition) is 6. The van der Waals surface area contributed by atoms with Crippen LogP contribution < -0.4 is 5.73 Å². The van der Waals surface area contributed by atoms with E-state index in [1.807, 2.05) is 0 Å². The van der Waals surface area contributed by atoms with E-state index >= 15 is 0 Å². The summed E-state index contributed by atoms with van der Waals surface area (Å²) in [4.78, 5) is 8.05. The van der Waals surface area contributed by atoms with Crippen LogP contribution in [-0.4, -0.2) is 60.8 Å². The molecule has 0 amide bonds. The minimum Gasteiger partial charge on any atom is -0.382 e. The third-order valence-corrected chi connectivity index (χ3v) is 4.79. The number of nitrogens with two attached hydrogens (primary N) is 1. The Morgan fingerprint density at radius 1 is 1.42 bits per heavy atom. The topological polar surface area (TPSA) is 102 Å². The monoisotopic (exact) mass is 287 g/mol. The van der Waals surface area contributed by atoms with Crippen molar-refractivity contribution in [3.8, 4) is 0 Å². The van der Waals surface area contributed by atoms with Gasteiger partial charge in [-0.2, -0.15) is 17.0 Å². The Bertz CT molecular complexity index is 548. The van der Waals surface area contributed by atoms with Gasteiger partial charge in [-0.15, -0.1) is 0 Å². The molecule has 106 valence electrons. The van der Waals surface area contributed by atoms with Gasteiger partial charge in [0.25, 0.3) is 10.2 Å². The van der Waals surface area contributed by atoms with Crippen LogP contribution in [0.4, 0.5) is 5.82 Å². The lowest BCUT2D eigenvalue weighted by atomic mass is 10.2. The van der Waals surface area contributed by atoms with Gasteiger partial charge in [-0.25, -0.2) is 4.98 Å². The average molecular weight is 287 g/mol. The van der Waals surface area contributed by atoms with Crippen LogP contribution >= 0.6 is 0 Å². The Labute approximate surface area is 112 Å². The van der Waals surface area contributed by atoms with E-state index in [-0.39, 0.29) is 12.4 Å². The number of rotatable bonds is 3. The molecule has 2 N–H and O–H groups in total. The fraction of sp³-hybridized carbons (Fsp3) is 0.600. The van der Waals surface area contributed by atoms with Gasteiger partial charge in [0.05, 0.1) is 6.61 Å². The van der Waals surface area contributed by atoms with E-state index in [0.717, 1.165) is 0 Å². The number of aromatic nitrogens is 2. The van der Waals surface area contributed by atoms with Crippen molar-refractivity contribution in [1.29, 1.82) is 0 Å². The standard InChI is InChI=1S/C10H17N5O3S/c1-14(2)19(16,17)15-5-6-18-8(7-15)9-10(11)13-4-3-12-9/h3-4,8H,5-7H2,1-2H3,(H2,11,13)/t8-/m0/s1. The average Bonchev–Trinajstić information content (AvgIpc) is 2.39. The van der Waals surface area contributed by atoms with E-state index in [9.17, 15) is 8.42 Å². The SMILES string of the molecule is CN(C)S(=O)(=O)N1CCO[C@H](c2nccnc2N)C1. The number of nitrogen functional groups attached to an aromatic ring is 1. The summed E-state index contributed by atoms with van der Waals surface area (Å²) in [5.41, 5.74) is 6.21. The third-order valence-electron chi connectivity index (χ3n) is 2.88. The van der Waals surface area contributed by atoms with Crippen LogP contribution in [0.5, 0.6) is 0 Å². The number of anilines is 1. The van der Waals surface area contributed by atoms with E-state index in [2.05, 4.69) is 9.97 Å². The molecule has 0 unspecified atom stereocenters. The normalized spacial score (nSPS) is 21.7. The molecule has 0 saturated carbocycles. The minimum atomic E-state index is -3.46. The molecule has 2 rings (SSSR count). The van der Waals surface area contributed by atoms with Gasteiger partial charge in [-0.05, 0) is 0 Å². The molecule has 2 heterocycles. The summed E-state index contributed by atoms with van der Waals surface area (Å²) in [5.74, 6) is 0.261. The van der Waals surface area contributed by atoms with E-state index in [1.165, 1.54) is 35.1 Å². The Balaban J connectivity index is 2.21. The summed E-state index contributed by atoms with van der Waals surface area (Å²) < 4.78 is 32.2. The molecule has 0 aromatic carbocycles. The van der Waals surface area contributed by atoms with Crippen LogP contribution in [-0.2, 0) is 14.9 Å². The zero-order valence-electron chi connectivity index (χ0n) is 10.9. The van der Waals surface area contributed by atoms with Crippen molar-refractivity contribution in [2.45, 2.75) is 6.10 Å². The molecule has 1 saturated heterocycles. The molecule has 0 bridgehead atoms. The van der Waals surface area contributed by atoms with Gasteiger partial charge in [-0.3, -0.25) is 4.98 Å². The van der Waals surface area contributed by atoms with Crippen molar-refractivity contribution >= 4 is 16.0 Å². The summed E-state index contributed by atoms with van der Waals surface area (Å²) in [7, 11) is -0.463. The molecule has 0 radical (unpaired) electrons. The molecule has 0 spiro atoms. The molecule has 1 fully saturated rings. The molecule has 9 heteroatoms. The van der Waals surface area contributed by atoms with E-state index in [1.54, 1.807) is 0 Å². The maximum atomic E-state index is 12.1. The van der Waals surface area contributed by atoms with Crippen molar-refractivity contribution in [3.05, 3.63) is 18.1 Å². The molecule has 1 aliphatic rings. The Hall–Kier alpha value is -1.29. The van der Waals surface area contributed by atoms with Gasteiger partial charge in [0.2, 0.25) is 0 Å². The maximum absolute atomic E-state index is 12.1. The molecule has 8 nitrogen and oxygen atoms in total. The van der Waals surface area contributed by atoms with Gasteiger partial charge in [0, 0.05) is 39.6 Å². The first kappa shape index (κ1) is 14.1. The Morgan fingerprint density at radius 2 is 2.11 bits per heavy atom. The molecule has 0 aliphatic carbocycles. The van der Waals surface area contributed by atoms with Crippen LogP contribution in [0.25, 0.3) is 0 Å². The van der Waals surface area contributed by atoms with E-state index in [0.29, 0.717) is 18.8 Å². The molecular formula is C10H17N5O3S. The highest BCUT2D eigenvalue weighted by molar-refractivity contribution is 7.86. The largest absolute Gasteiger partial charge is 0.382 e. The predicted molar refractivity (Wildman–Crippen MR) is 69.3 cm³/mol. The van der Waals surface area contributed by atoms with Gasteiger partial charge in [-0.1, -0.05) is 0 Å². The smallest absolute Gasteiger partial charge is 0.281 e. The van der Waals surface area contributed by atoms with Crippen molar-refractivity contribution in [1.82, 2.24) is 18.6 Å². The van der Waals surface area contributed by atoms with Gasteiger partial charge in [0.1, 0.15) is 17.6 Å². The second-order valence-electron chi connectivity index (χ2n) is 4.33. The Morgan fingerprint density at radius 3 is 2.74 bits per heavy atom. The first-order valence-corrected chi connectivity index (χ1v) is 7.18. The molecule has 1 aliphatic heterocycles. The van der Waals surface area contributed by atoms with Gasteiger partial charge in [0.15, 0.2) is 0 Å². The van der Waals surface area contributed by atoms with Crippen molar-refractivity contribution in [2.75, 3.05) is 39.5 Å². The first-order chi connectivity index (χ1) is 8.93. The van der Waals surface area contributed by atoms with Crippen molar-refractivity contribution in [3.63, 3.8) is 0 Å². The second kappa shape index (κ2) is 5.37. The maximum Gasteiger partial charge on any atom is 0.281 e. The lowest BCUT2D eigenvalue weighted by Gasteiger charge is -2.33. The van der Waals surface area contributed by atoms with Crippen LogP contribution in [0.15, 0.2) is 12.4 Å². The van der Waals surface area contributed by atoms with Crippen molar-refractivity contribution in [2.24, 2.45) is 0 Å². The number of ether oxygens (including phenoxy) is 1. The summed E-state index contributed by atoms with van der Waals surface area (Å²) in [5, 5.41) is 0. The minimum absolute atomic E-state index is 0.184. The van der Waals surface area contributed by atoms with Crippen LogP contribution in [0.2, 0.25) is 0 Å². The zero-order chi connectivity index (χ0) is 14.0. The number of morpholine rings is 1. The molecule has 19 heavy (non-hydrogen) atoms. The van der Waals surface area contributed by atoms with Crippen LogP contribution in [0, 0.1) is 0 Å². The highest BCUT2D eigenvalue weighted by Crippen LogP contribution is 2.25. The zero-order valence-corrected chi connectivity index (χ0v) is 11.7. The van der Waals surface area contributed by atoms with Crippen LogP contribution in [0.1, 0.15) is 11.8 Å². The highest BCUT2D eigenvalue weighted by atomic mass is 32.2. The summed E-state index contributed by atoms with van der Waals surface area (Å²) in [6, 6.07) is 0. The quantitative estimate of drug-likeness (QED) is 0.784. The summed E-state index contributed by atoms with van der Waals surface area (Å²) in [6.07, 6.45) is 2.50. The van der Waals surface area contributed by atoms with Crippen LogP contribution in [0.3, 0.4) is 0 Å². The van der Waals surface area contributed by atoms with E-state index < -0.39 is 16.3 Å². The number of nitrogens with zero attached hydrogens (tertiary/aromatic N) is 4. The summed E-state index contributed by atoms with van der Waals surface area (Å²) in [6.45, 7) is 0.800. The molecule has 1 aromatic heterocycles. The third kappa shape index (κ3) is 2.84. The Kier molecular flexibility index (Phi) is 3.99. The lowest BCUT2D eigenvalue weighted by Crippen LogP contribution is -2.47. The predicted octanol–water partition coefficient (Wildman–Crippen LogP) is -0.761. The van der Waals surface area contributed by atoms with Gasteiger partial charge >= 0.3 is 0 Å². The second-order valence-corrected chi connectivity index (χ2v) is 6.48. The van der Waals surface area contributed by atoms with Gasteiger partial charge < -0.3 is 10.5 Å².